The van der Waals surface area contributed by atoms with Gasteiger partial charge in [-0.2, -0.15) is 4.79 Å². The lowest BCUT2D eigenvalue weighted by Gasteiger charge is -2.21. The van der Waals surface area contributed by atoms with Crippen LogP contribution in [0.5, 0.6) is 0 Å². The number of nitrogens with one attached hydrogen (secondary N) is 1. The number of hydrazine groups is 1. The van der Waals surface area contributed by atoms with E-state index in [4.69, 9.17) is 5.73 Å². The zero-order chi connectivity index (χ0) is 9.68. The molecule has 0 spiro atoms. The van der Waals surface area contributed by atoms with Gasteiger partial charge in [0.15, 0.2) is 0 Å². The van der Waals surface area contributed by atoms with Gasteiger partial charge in [-0.1, -0.05) is 18.2 Å². The van der Waals surface area contributed by atoms with Crippen LogP contribution in [0.3, 0.4) is 0 Å². The molecule has 0 saturated carbocycles. The van der Waals surface area contributed by atoms with E-state index in [1.54, 1.807) is 6.20 Å². The number of hydrogen-bond acceptors (Lipinski definition) is 7. The second-order valence-corrected chi connectivity index (χ2v) is 2.12. The third kappa shape index (κ3) is 2.55. The van der Waals surface area contributed by atoms with Crippen LogP contribution in [-0.2, 0) is 9.68 Å². The summed E-state index contributed by atoms with van der Waals surface area (Å²) in [5.74, 6) is -0.0830. The highest BCUT2D eigenvalue weighted by Crippen LogP contribution is 1.98. The summed E-state index contributed by atoms with van der Waals surface area (Å²) in [6.07, 6.45) is 3.30. The minimum absolute atomic E-state index is 0.0830. The van der Waals surface area contributed by atoms with Crippen molar-refractivity contribution in [3.8, 4) is 0 Å². The Kier molecular flexibility index (Phi) is 2.96. The normalized spacial score (nSPS) is 16.5. The minimum atomic E-state index is -0.938. The van der Waals surface area contributed by atoms with Crippen LogP contribution in [0.15, 0.2) is 17.4 Å². The lowest BCUT2D eigenvalue weighted by atomic mass is 10.5. The fourth-order valence-electron chi connectivity index (χ4n) is 0.590. The first-order valence-corrected chi connectivity index (χ1v) is 3.67. The molecule has 0 bridgehead atoms. The molecule has 1 rings (SSSR count). The van der Waals surface area contributed by atoms with Crippen LogP contribution in [0.4, 0.5) is 4.79 Å². The largest absolute Gasteiger partial charge is 0.562 e. The Bertz CT molecular complexity index is 250. The molecule has 72 valence electrons. The van der Waals surface area contributed by atoms with Crippen molar-refractivity contribution in [2.45, 2.75) is 13.3 Å². The van der Waals surface area contributed by atoms with Gasteiger partial charge in [-0.05, 0) is 11.6 Å². The number of hydrogen-bond donors (Lipinski definition) is 2. The zero-order valence-corrected chi connectivity index (χ0v) is 7.06. The summed E-state index contributed by atoms with van der Waals surface area (Å²) in [5.41, 5.74) is 7.88. The summed E-state index contributed by atoms with van der Waals surface area (Å²) in [5, 5.41) is 4.12. The molecule has 0 aromatic heterocycles. The number of nitrogens with zero attached hydrogens (tertiary/aromatic N) is 2. The van der Waals surface area contributed by atoms with E-state index < -0.39 is 6.16 Å². The van der Waals surface area contributed by atoms with E-state index in [2.05, 4.69) is 20.3 Å². The first kappa shape index (κ1) is 9.17. The maximum Gasteiger partial charge on any atom is 0.562 e. The summed E-state index contributed by atoms with van der Waals surface area (Å²) in [4.78, 5) is 19.2. The smallest absolute Gasteiger partial charge is 0.363 e. The summed E-state index contributed by atoms with van der Waals surface area (Å²) in [6.45, 7) is 1.96. The molecule has 7 heteroatoms. The highest BCUT2D eigenvalue weighted by Gasteiger charge is 2.20. The molecule has 0 atom stereocenters. The summed E-state index contributed by atoms with van der Waals surface area (Å²) >= 11 is 0. The predicted molar refractivity (Wildman–Crippen MR) is 43.6 cm³/mol. The number of nitrogens with two attached hydrogens (primary N) is 1. The van der Waals surface area contributed by atoms with E-state index in [9.17, 15) is 4.79 Å². The average molecular weight is 186 g/mol. The molecule has 0 radical (unpaired) electrons. The third-order valence-electron chi connectivity index (χ3n) is 1.13. The number of carbonyl (C=O) groups excluding carboxylic acids is 1. The molecule has 0 unspecified atom stereocenters. The molecule has 0 fully saturated rings. The first-order chi connectivity index (χ1) is 6.24. The molecule has 1 aliphatic heterocycles. The molecule has 1 aliphatic rings. The van der Waals surface area contributed by atoms with E-state index in [0.29, 0.717) is 0 Å². The molecular formula is C6H10N4O3. The molecule has 13 heavy (non-hydrogen) atoms. The summed E-state index contributed by atoms with van der Waals surface area (Å²) < 4.78 is 0. The Morgan fingerprint density at radius 1 is 1.77 bits per heavy atom. The first-order valence-electron chi connectivity index (χ1n) is 3.67. The van der Waals surface area contributed by atoms with Gasteiger partial charge in [-0.25, -0.2) is 0 Å². The fraction of sp³-hybridized carbons (Fsp3) is 0.333. The summed E-state index contributed by atoms with van der Waals surface area (Å²) in [7, 11) is 0. The molecule has 1 heterocycles. The fourth-order valence-corrected chi connectivity index (χ4v) is 0.590. The quantitative estimate of drug-likeness (QED) is 0.604. The van der Waals surface area contributed by atoms with Gasteiger partial charge in [-0.3, -0.25) is 15.1 Å². The van der Waals surface area contributed by atoms with Crippen molar-refractivity contribution >= 4 is 12.1 Å². The zero-order valence-electron chi connectivity index (χ0n) is 7.06. The van der Waals surface area contributed by atoms with Crippen LogP contribution < -0.4 is 11.2 Å². The van der Waals surface area contributed by atoms with Crippen LogP contribution in [0.1, 0.15) is 13.3 Å². The topological polar surface area (TPSA) is 89.2 Å². The molecule has 7 nitrogen and oxygen atoms in total. The van der Waals surface area contributed by atoms with Crippen molar-refractivity contribution in [1.82, 2.24) is 10.6 Å². The van der Waals surface area contributed by atoms with E-state index in [-0.39, 0.29) is 5.96 Å². The predicted octanol–water partition coefficient (Wildman–Crippen LogP) is 0.0282. The van der Waals surface area contributed by atoms with Crippen molar-refractivity contribution < 1.29 is 14.5 Å². The second-order valence-electron chi connectivity index (χ2n) is 2.12. The van der Waals surface area contributed by atoms with Gasteiger partial charge in [0.1, 0.15) is 0 Å². The number of hydroxylamine groups is 1. The molecular weight excluding hydrogens is 176 g/mol. The number of carbonyl (C=O) groups is 1. The number of allylic oxidation sites excluding steroid dienone is 1. The van der Waals surface area contributed by atoms with Crippen molar-refractivity contribution in [3.05, 3.63) is 12.3 Å². The molecule has 0 amide bonds. The van der Waals surface area contributed by atoms with Crippen LogP contribution in [0, 0.1) is 0 Å². The highest BCUT2D eigenvalue weighted by molar-refractivity contribution is 5.79. The van der Waals surface area contributed by atoms with Crippen molar-refractivity contribution in [2.75, 3.05) is 0 Å². The van der Waals surface area contributed by atoms with Crippen LogP contribution >= 0.6 is 0 Å². The standard InChI is InChI=1S/C6H10N4O3/c1-2-3-4-8-10-5(7)9-12-6(11)13-10/h3-4,8H,2H2,1H3,(H2,7,9)/b4-3+. The van der Waals surface area contributed by atoms with Crippen molar-refractivity contribution in [3.63, 3.8) is 0 Å². The molecule has 0 aliphatic carbocycles. The van der Waals surface area contributed by atoms with Gasteiger partial charge in [0.2, 0.25) is 0 Å². The SMILES string of the molecule is CC/C=C/NN1OC(=O)ON=C1N. The maximum absolute atomic E-state index is 10.5. The van der Waals surface area contributed by atoms with Gasteiger partial charge >= 0.3 is 6.16 Å². The second kappa shape index (κ2) is 4.19. The molecule has 0 saturated heterocycles. The van der Waals surface area contributed by atoms with Gasteiger partial charge < -0.3 is 5.73 Å². The van der Waals surface area contributed by atoms with E-state index in [1.165, 1.54) is 0 Å². The molecule has 3 N–H and O–H groups in total. The minimum Gasteiger partial charge on any atom is -0.363 e. The Hall–Kier alpha value is -1.92. The molecule has 0 aromatic carbocycles. The lowest BCUT2D eigenvalue weighted by molar-refractivity contribution is -0.118. The Morgan fingerprint density at radius 2 is 2.54 bits per heavy atom. The molecule has 0 aromatic rings. The Morgan fingerprint density at radius 3 is 3.23 bits per heavy atom. The van der Waals surface area contributed by atoms with Crippen molar-refractivity contribution in [2.24, 2.45) is 10.9 Å². The Labute approximate surface area is 74.7 Å². The van der Waals surface area contributed by atoms with Crippen LogP contribution in [0.25, 0.3) is 0 Å². The van der Waals surface area contributed by atoms with E-state index in [0.717, 1.165) is 11.6 Å². The Balaban J connectivity index is 2.48. The maximum atomic E-state index is 10.5. The average Bonchev–Trinajstić information content (AvgIpc) is 2.11. The van der Waals surface area contributed by atoms with Crippen LogP contribution in [0.2, 0.25) is 0 Å². The monoisotopic (exact) mass is 186 g/mol. The van der Waals surface area contributed by atoms with E-state index in [1.807, 2.05) is 13.0 Å². The third-order valence-corrected chi connectivity index (χ3v) is 1.13. The van der Waals surface area contributed by atoms with Gasteiger partial charge in [-0.15, -0.1) is 0 Å². The highest BCUT2D eigenvalue weighted by atomic mass is 16.9. The van der Waals surface area contributed by atoms with E-state index >= 15 is 0 Å². The van der Waals surface area contributed by atoms with Gasteiger partial charge in [0.25, 0.3) is 5.96 Å². The van der Waals surface area contributed by atoms with Crippen LogP contribution in [-0.4, -0.2) is 17.3 Å². The lowest BCUT2D eigenvalue weighted by Crippen LogP contribution is -2.48. The summed E-state index contributed by atoms with van der Waals surface area (Å²) in [6, 6.07) is 0. The van der Waals surface area contributed by atoms with Gasteiger partial charge in [0.05, 0.1) is 0 Å². The van der Waals surface area contributed by atoms with Gasteiger partial charge in [0, 0.05) is 6.20 Å². The van der Waals surface area contributed by atoms with Crippen molar-refractivity contribution in [1.29, 1.82) is 0 Å². The number of oxime groups is 1. The number of rotatable bonds is 3. The number of guanidine groups is 1.